The molecule has 0 radical (unpaired) electrons. The second-order valence-electron chi connectivity index (χ2n) is 5.35. The van der Waals surface area contributed by atoms with Crippen LogP contribution >= 0.6 is 11.8 Å². The van der Waals surface area contributed by atoms with E-state index in [0.717, 1.165) is 6.42 Å². The van der Waals surface area contributed by atoms with E-state index in [2.05, 4.69) is 12.1 Å². The van der Waals surface area contributed by atoms with Gasteiger partial charge in [0.15, 0.2) is 0 Å². The standard InChI is InChI=1S/C16H23N3O2S/c1-13(20)19-12-22-11-15(19)16(21)18(10-8-17)9-7-14-5-3-2-4-6-14/h2-6,15H,7-12,17H2,1H3. The average molecular weight is 321 g/mol. The second-order valence-corrected chi connectivity index (χ2v) is 6.35. The van der Waals surface area contributed by atoms with Crippen LogP contribution in [0.15, 0.2) is 30.3 Å². The Labute approximate surface area is 135 Å². The van der Waals surface area contributed by atoms with E-state index >= 15 is 0 Å². The van der Waals surface area contributed by atoms with Gasteiger partial charge in [0, 0.05) is 32.3 Å². The number of rotatable bonds is 6. The third-order valence-corrected chi connectivity index (χ3v) is 4.81. The predicted octanol–water partition coefficient (Wildman–Crippen LogP) is 0.938. The fourth-order valence-corrected chi connectivity index (χ4v) is 3.77. The first-order chi connectivity index (χ1) is 10.6. The van der Waals surface area contributed by atoms with Crippen molar-refractivity contribution in [3.63, 3.8) is 0 Å². The number of thioether (sulfide) groups is 1. The van der Waals surface area contributed by atoms with Gasteiger partial charge in [0.05, 0.1) is 5.88 Å². The molecular formula is C16H23N3O2S. The molecule has 0 bridgehead atoms. The number of carbonyl (C=O) groups is 2. The summed E-state index contributed by atoms with van der Waals surface area (Å²) in [5.74, 6) is 1.24. The Morgan fingerprint density at radius 3 is 2.68 bits per heavy atom. The van der Waals surface area contributed by atoms with Crippen LogP contribution in [0.3, 0.4) is 0 Å². The zero-order valence-corrected chi connectivity index (χ0v) is 13.7. The monoisotopic (exact) mass is 321 g/mol. The first-order valence-corrected chi connectivity index (χ1v) is 8.66. The van der Waals surface area contributed by atoms with E-state index in [0.29, 0.717) is 31.3 Å². The molecule has 1 aliphatic heterocycles. The Hall–Kier alpha value is -1.53. The summed E-state index contributed by atoms with van der Waals surface area (Å²) in [5.41, 5.74) is 6.85. The molecule has 120 valence electrons. The third-order valence-electron chi connectivity index (χ3n) is 3.80. The lowest BCUT2D eigenvalue weighted by Crippen LogP contribution is -2.50. The van der Waals surface area contributed by atoms with Crippen molar-refractivity contribution in [1.29, 1.82) is 0 Å². The Kier molecular flexibility index (Phi) is 6.27. The fraction of sp³-hybridized carbons (Fsp3) is 0.500. The first-order valence-electron chi connectivity index (χ1n) is 7.51. The Balaban J connectivity index is 2.00. The van der Waals surface area contributed by atoms with Gasteiger partial charge in [0.1, 0.15) is 6.04 Å². The number of hydrogen-bond donors (Lipinski definition) is 1. The number of nitrogens with two attached hydrogens (primary N) is 1. The Bertz CT molecular complexity index is 509. The van der Waals surface area contributed by atoms with Gasteiger partial charge >= 0.3 is 0 Å². The van der Waals surface area contributed by atoms with Crippen molar-refractivity contribution in [3.8, 4) is 0 Å². The van der Waals surface area contributed by atoms with E-state index in [1.165, 1.54) is 12.5 Å². The molecule has 1 atom stereocenters. The van der Waals surface area contributed by atoms with Gasteiger partial charge in [0.2, 0.25) is 11.8 Å². The molecule has 1 aromatic carbocycles. The van der Waals surface area contributed by atoms with Gasteiger partial charge in [-0.05, 0) is 12.0 Å². The lowest BCUT2D eigenvalue weighted by Gasteiger charge is -2.29. The van der Waals surface area contributed by atoms with Gasteiger partial charge in [-0.1, -0.05) is 30.3 Å². The van der Waals surface area contributed by atoms with Crippen LogP contribution < -0.4 is 5.73 Å². The molecule has 0 aromatic heterocycles. The number of carbonyl (C=O) groups excluding carboxylic acids is 2. The van der Waals surface area contributed by atoms with Crippen molar-refractivity contribution in [2.75, 3.05) is 31.3 Å². The van der Waals surface area contributed by atoms with E-state index in [-0.39, 0.29) is 17.9 Å². The van der Waals surface area contributed by atoms with Gasteiger partial charge in [-0.2, -0.15) is 0 Å². The van der Waals surface area contributed by atoms with Gasteiger partial charge in [-0.15, -0.1) is 11.8 Å². The number of amides is 2. The molecule has 0 saturated carbocycles. The SMILES string of the molecule is CC(=O)N1CSCC1C(=O)N(CCN)CCc1ccccc1. The minimum Gasteiger partial charge on any atom is -0.339 e. The highest BCUT2D eigenvalue weighted by molar-refractivity contribution is 7.99. The minimum absolute atomic E-state index is 0.0154. The Morgan fingerprint density at radius 1 is 1.32 bits per heavy atom. The highest BCUT2D eigenvalue weighted by atomic mass is 32.2. The molecule has 2 amide bonds. The molecular weight excluding hydrogens is 298 g/mol. The third kappa shape index (κ3) is 4.24. The zero-order chi connectivity index (χ0) is 15.9. The Morgan fingerprint density at radius 2 is 2.05 bits per heavy atom. The summed E-state index contributed by atoms with van der Waals surface area (Å²) in [6.45, 7) is 3.11. The average Bonchev–Trinajstić information content (AvgIpc) is 3.01. The molecule has 0 spiro atoms. The molecule has 1 heterocycles. The zero-order valence-electron chi connectivity index (χ0n) is 12.9. The molecule has 0 aliphatic carbocycles. The molecule has 22 heavy (non-hydrogen) atoms. The van der Waals surface area contributed by atoms with Crippen molar-refractivity contribution in [3.05, 3.63) is 35.9 Å². The van der Waals surface area contributed by atoms with Crippen LogP contribution in [0.1, 0.15) is 12.5 Å². The maximum atomic E-state index is 12.7. The molecule has 1 aliphatic rings. The highest BCUT2D eigenvalue weighted by Crippen LogP contribution is 2.22. The minimum atomic E-state index is -0.343. The van der Waals surface area contributed by atoms with E-state index in [1.54, 1.807) is 21.6 Å². The summed E-state index contributed by atoms with van der Waals surface area (Å²) in [5, 5.41) is 0. The topological polar surface area (TPSA) is 66.6 Å². The van der Waals surface area contributed by atoms with E-state index in [9.17, 15) is 9.59 Å². The van der Waals surface area contributed by atoms with Crippen LogP contribution in [0.25, 0.3) is 0 Å². The molecule has 5 nitrogen and oxygen atoms in total. The van der Waals surface area contributed by atoms with Crippen LogP contribution in [0, 0.1) is 0 Å². The van der Waals surface area contributed by atoms with Crippen molar-refractivity contribution >= 4 is 23.6 Å². The molecule has 6 heteroatoms. The van der Waals surface area contributed by atoms with Gasteiger partial charge < -0.3 is 15.5 Å². The molecule has 1 aromatic rings. The smallest absolute Gasteiger partial charge is 0.246 e. The summed E-state index contributed by atoms with van der Waals surface area (Å²) in [6.07, 6.45) is 0.798. The largest absolute Gasteiger partial charge is 0.339 e. The molecule has 2 N–H and O–H groups in total. The number of benzene rings is 1. The van der Waals surface area contributed by atoms with Gasteiger partial charge in [-0.3, -0.25) is 9.59 Å². The lowest BCUT2D eigenvalue weighted by molar-refractivity contribution is -0.142. The van der Waals surface area contributed by atoms with Crippen molar-refractivity contribution < 1.29 is 9.59 Å². The quantitative estimate of drug-likeness (QED) is 0.847. The van der Waals surface area contributed by atoms with E-state index in [1.807, 2.05) is 18.2 Å². The normalized spacial score (nSPS) is 17.5. The van der Waals surface area contributed by atoms with Crippen LogP contribution in [0.4, 0.5) is 0 Å². The number of hydrogen-bond acceptors (Lipinski definition) is 4. The summed E-state index contributed by atoms with van der Waals surface area (Å²) >= 11 is 1.62. The first kappa shape index (κ1) is 16.8. The summed E-state index contributed by atoms with van der Waals surface area (Å²) in [4.78, 5) is 27.8. The van der Waals surface area contributed by atoms with Crippen LogP contribution in [0.5, 0.6) is 0 Å². The summed E-state index contributed by atoms with van der Waals surface area (Å²) in [6, 6.07) is 9.74. The molecule has 1 saturated heterocycles. The fourth-order valence-electron chi connectivity index (χ4n) is 2.57. The van der Waals surface area contributed by atoms with E-state index in [4.69, 9.17) is 5.73 Å². The maximum Gasteiger partial charge on any atom is 0.246 e. The van der Waals surface area contributed by atoms with Crippen LogP contribution in [-0.2, 0) is 16.0 Å². The maximum absolute atomic E-state index is 12.7. The van der Waals surface area contributed by atoms with Crippen molar-refractivity contribution in [2.45, 2.75) is 19.4 Å². The molecule has 1 unspecified atom stereocenters. The van der Waals surface area contributed by atoms with Crippen LogP contribution in [0.2, 0.25) is 0 Å². The van der Waals surface area contributed by atoms with Crippen molar-refractivity contribution in [1.82, 2.24) is 9.80 Å². The molecule has 1 fully saturated rings. The second kappa shape index (κ2) is 8.19. The lowest BCUT2D eigenvalue weighted by atomic mass is 10.1. The van der Waals surface area contributed by atoms with Gasteiger partial charge in [0.25, 0.3) is 0 Å². The summed E-state index contributed by atoms with van der Waals surface area (Å²) in [7, 11) is 0. The summed E-state index contributed by atoms with van der Waals surface area (Å²) < 4.78 is 0. The number of nitrogens with zero attached hydrogens (tertiary/aromatic N) is 2. The highest BCUT2D eigenvalue weighted by Gasteiger charge is 2.35. The van der Waals surface area contributed by atoms with Gasteiger partial charge in [-0.25, -0.2) is 0 Å². The van der Waals surface area contributed by atoms with Crippen LogP contribution in [-0.4, -0.2) is 58.9 Å². The van der Waals surface area contributed by atoms with Crippen molar-refractivity contribution in [2.24, 2.45) is 5.73 Å². The molecule has 2 rings (SSSR count). The van der Waals surface area contributed by atoms with E-state index < -0.39 is 0 Å². The predicted molar refractivity (Wildman–Crippen MR) is 89.4 cm³/mol.